The van der Waals surface area contributed by atoms with Gasteiger partial charge in [-0.2, -0.15) is 4.98 Å². The summed E-state index contributed by atoms with van der Waals surface area (Å²) in [6.45, 7) is 2.11. The highest BCUT2D eigenvalue weighted by Gasteiger charge is 2.24. The maximum Gasteiger partial charge on any atom is 0.417 e. The van der Waals surface area contributed by atoms with Gasteiger partial charge in [-0.1, -0.05) is 23.5 Å². The number of rotatable bonds is 5. The Bertz CT molecular complexity index is 1300. The molecule has 176 valence electrons. The lowest BCUT2D eigenvalue weighted by atomic mass is 10.0. The second-order valence-electron chi connectivity index (χ2n) is 8.46. The predicted molar refractivity (Wildman–Crippen MR) is 132 cm³/mol. The van der Waals surface area contributed by atoms with Crippen molar-refractivity contribution < 1.29 is 18.3 Å². The van der Waals surface area contributed by atoms with Crippen molar-refractivity contribution in [2.24, 2.45) is 0 Å². The molecule has 1 aliphatic rings. The summed E-state index contributed by atoms with van der Waals surface area (Å²) in [6.07, 6.45) is 1.53. The average molecular weight is 481 g/mol. The number of thiophene rings is 1. The van der Waals surface area contributed by atoms with Crippen molar-refractivity contribution in [3.63, 3.8) is 0 Å². The molecule has 1 saturated heterocycles. The number of piperidine rings is 1. The fourth-order valence-electron chi connectivity index (χ4n) is 4.06. The quantitative estimate of drug-likeness (QED) is 0.387. The lowest BCUT2D eigenvalue weighted by molar-refractivity contribution is 0.216. The van der Waals surface area contributed by atoms with E-state index in [1.165, 1.54) is 23.5 Å². The van der Waals surface area contributed by atoms with Gasteiger partial charge in [-0.25, -0.2) is 9.18 Å². The van der Waals surface area contributed by atoms with E-state index in [1.807, 2.05) is 13.1 Å². The van der Waals surface area contributed by atoms with Gasteiger partial charge in [0.2, 0.25) is 0 Å². The number of anilines is 2. The molecule has 1 amide bonds. The monoisotopic (exact) mass is 480 g/mol. The molecule has 9 heteroatoms. The highest BCUT2D eigenvalue weighted by Crippen LogP contribution is 2.33. The zero-order valence-electron chi connectivity index (χ0n) is 19.0. The summed E-state index contributed by atoms with van der Waals surface area (Å²) in [7, 11) is 4.15. The fourth-order valence-corrected chi connectivity index (χ4v) is 4.92. The molecule has 2 aromatic carbocycles. The van der Waals surface area contributed by atoms with Crippen molar-refractivity contribution in [1.29, 1.82) is 0 Å². The van der Waals surface area contributed by atoms with Crippen molar-refractivity contribution in [2.45, 2.75) is 18.9 Å². The lowest BCUT2D eigenvalue weighted by Crippen LogP contribution is -2.42. The van der Waals surface area contributed by atoms with Gasteiger partial charge < -0.3 is 19.0 Å². The van der Waals surface area contributed by atoms with E-state index in [4.69, 9.17) is 9.15 Å². The van der Waals surface area contributed by atoms with Crippen LogP contribution in [0.3, 0.4) is 0 Å². The van der Waals surface area contributed by atoms with Gasteiger partial charge >= 0.3 is 6.09 Å². The second-order valence-corrected chi connectivity index (χ2v) is 9.51. The van der Waals surface area contributed by atoms with Gasteiger partial charge in [0, 0.05) is 23.7 Å². The molecular weight excluding hydrogens is 455 g/mol. The Kier molecular flexibility index (Phi) is 6.21. The van der Waals surface area contributed by atoms with Crippen molar-refractivity contribution >= 4 is 40.2 Å². The Labute approximate surface area is 200 Å². The summed E-state index contributed by atoms with van der Waals surface area (Å²) in [5.41, 5.74) is 2.76. The number of halogens is 1. The first-order valence-electron chi connectivity index (χ1n) is 11.1. The maximum atomic E-state index is 13.1. The topological polar surface area (TPSA) is 70.8 Å². The van der Waals surface area contributed by atoms with Gasteiger partial charge in [0.05, 0.1) is 0 Å². The molecule has 2 aromatic heterocycles. The van der Waals surface area contributed by atoms with Gasteiger partial charge in [0.1, 0.15) is 11.3 Å². The molecule has 0 spiro atoms. The van der Waals surface area contributed by atoms with E-state index in [1.54, 1.807) is 36.4 Å². The summed E-state index contributed by atoms with van der Waals surface area (Å²) >= 11 is 1.31. The Hall–Kier alpha value is -3.43. The van der Waals surface area contributed by atoms with Gasteiger partial charge in [0.25, 0.3) is 6.01 Å². The number of aromatic nitrogens is 1. The van der Waals surface area contributed by atoms with Crippen LogP contribution in [-0.4, -0.2) is 49.2 Å². The van der Waals surface area contributed by atoms with E-state index in [2.05, 4.69) is 27.1 Å². The third-order valence-corrected chi connectivity index (χ3v) is 7.08. The van der Waals surface area contributed by atoms with E-state index in [9.17, 15) is 9.18 Å². The zero-order chi connectivity index (χ0) is 23.7. The number of amides is 1. The first-order valence-corrected chi connectivity index (χ1v) is 11.9. The molecule has 1 fully saturated rings. The van der Waals surface area contributed by atoms with Crippen LogP contribution >= 0.6 is 11.3 Å². The number of oxazole rings is 1. The molecule has 1 N–H and O–H groups in total. The number of carbonyl (C=O) groups excluding carboxylic acids is 1. The normalized spacial score (nSPS) is 14.9. The van der Waals surface area contributed by atoms with Crippen LogP contribution in [0.1, 0.15) is 12.8 Å². The van der Waals surface area contributed by atoms with E-state index in [-0.39, 0.29) is 5.82 Å². The standard InChI is InChI=1S/C25H25FN4O3S/c1-29-13-11-19(12-14-29)30(2)24-28-20-15-18(7-8-21(20)32-24)27-25(31)33-23-10-9-22(34-23)16-3-5-17(26)6-4-16/h3-10,15,19H,11-14H2,1-2H3,(H,27,31). The van der Waals surface area contributed by atoms with Gasteiger partial charge in [0.15, 0.2) is 10.6 Å². The Morgan fingerprint density at radius 2 is 1.94 bits per heavy atom. The summed E-state index contributed by atoms with van der Waals surface area (Å²) in [4.78, 5) is 22.4. The van der Waals surface area contributed by atoms with Crippen LogP contribution < -0.4 is 15.0 Å². The summed E-state index contributed by atoms with van der Waals surface area (Å²) in [5, 5.41) is 3.19. The SMILES string of the molecule is CN1CCC(N(C)c2nc3cc(NC(=O)Oc4ccc(-c5ccc(F)cc5)s4)ccc3o2)CC1. The van der Waals surface area contributed by atoms with Crippen molar-refractivity contribution in [3.8, 4) is 15.5 Å². The van der Waals surface area contributed by atoms with E-state index < -0.39 is 6.09 Å². The zero-order valence-corrected chi connectivity index (χ0v) is 19.8. The van der Waals surface area contributed by atoms with Gasteiger partial charge in [-0.3, -0.25) is 5.32 Å². The molecule has 0 saturated carbocycles. The maximum absolute atomic E-state index is 13.1. The number of fused-ring (bicyclic) bond motifs is 1. The van der Waals surface area contributed by atoms with Crippen LogP contribution in [0.15, 0.2) is 59.0 Å². The fraction of sp³-hybridized carbons (Fsp3) is 0.280. The first-order chi connectivity index (χ1) is 16.4. The number of benzene rings is 2. The molecule has 0 unspecified atom stereocenters. The first kappa shape index (κ1) is 22.4. The number of likely N-dealkylation sites (tertiary alicyclic amines) is 1. The Balaban J connectivity index is 1.23. The van der Waals surface area contributed by atoms with Crippen LogP contribution in [0.25, 0.3) is 21.5 Å². The van der Waals surface area contributed by atoms with Gasteiger partial charge in [-0.15, -0.1) is 0 Å². The number of hydrogen-bond acceptors (Lipinski definition) is 7. The molecule has 0 atom stereocenters. The second kappa shape index (κ2) is 9.44. The number of hydrogen-bond donors (Lipinski definition) is 1. The summed E-state index contributed by atoms with van der Waals surface area (Å²) in [5.74, 6) is -0.291. The highest BCUT2D eigenvalue weighted by atomic mass is 32.1. The molecular formula is C25H25FN4O3S. The van der Waals surface area contributed by atoms with Crippen LogP contribution in [0.5, 0.6) is 5.06 Å². The van der Waals surface area contributed by atoms with Crippen LogP contribution in [0, 0.1) is 5.82 Å². The number of carbonyl (C=O) groups is 1. The van der Waals surface area contributed by atoms with E-state index in [0.717, 1.165) is 36.4 Å². The Morgan fingerprint density at radius 1 is 1.18 bits per heavy atom. The molecule has 0 aliphatic carbocycles. The summed E-state index contributed by atoms with van der Waals surface area (Å²) < 4.78 is 24.5. The van der Waals surface area contributed by atoms with E-state index in [0.29, 0.717) is 33.9 Å². The van der Waals surface area contributed by atoms with Crippen LogP contribution in [-0.2, 0) is 0 Å². The minimum absolute atomic E-state index is 0.291. The molecule has 0 bridgehead atoms. The molecule has 1 aliphatic heterocycles. The third-order valence-electron chi connectivity index (χ3n) is 6.06. The molecule has 7 nitrogen and oxygen atoms in total. The van der Waals surface area contributed by atoms with Crippen molar-refractivity contribution in [2.75, 3.05) is 37.4 Å². The number of ether oxygens (including phenoxy) is 1. The lowest BCUT2D eigenvalue weighted by Gasteiger charge is -2.34. The van der Waals surface area contributed by atoms with Crippen molar-refractivity contribution in [1.82, 2.24) is 9.88 Å². The molecule has 0 radical (unpaired) electrons. The molecule has 5 rings (SSSR count). The van der Waals surface area contributed by atoms with E-state index >= 15 is 0 Å². The minimum Gasteiger partial charge on any atom is -0.423 e. The largest absolute Gasteiger partial charge is 0.423 e. The Morgan fingerprint density at radius 3 is 2.71 bits per heavy atom. The molecule has 3 heterocycles. The molecule has 4 aromatic rings. The van der Waals surface area contributed by atoms with Crippen LogP contribution in [0.2, 0.25) is 0 Å². The third kappa shape index (κ3) is 4.90. The predicted octanol–water partition coefficient (Wildman–Crippen LogP) is 5.84. The van der Waals surface area contributed by atoms with Crippen molar-refractivity contribution in [3.05, 3.63) is 60.4 Å². The molecule has 34 heavy (non-hydrogen) atoms. The van der Waals surface area contributed by atoms with Crippen LogP contribution in [0.4, 0.5) is 20.9 Å². The number of nitrogens with one attached hydrogen (secondary N) is 1. The summed E-state index contributed by atoms with van der Waals surface area (Å²) in [6, 6.07) is 16.0. The highest BCUT2D eigenvalue weighted by molar-refractivity contribution is 7.17. The smallest absolute Gasteiger partial charge is 0.417 e. The number of nitrogens with zero attached hydrogens (tertiary/aromatic N) is 3. The van der Waals surface area contributed by atoms with Gasteiger partial charge in [-0.05, 0) is 81.0 Å². The average Bonchev–Trinajstić information content (AvgIpc) is 3.46. The minimum atomic E-state index is -0.598.